The highest BCUT2D eigenvalue weighted by Gasteiger charge is 2.11. The van der Waals surface area contributed by atoms with Gasteiger partial charge < -0.3 is 11.1 Å². The van der Waals surface area contributed by atoms with Crippen molar-refractivity contribution in [3.05, 3.63) is 46.2 Å². The highest BCUT2D eigenvalue weighted by atomic mass is 79.9. The molecule has 1 aromatic carbocycles. The number of benzene rings is 1. The zero-order valence-electron chi connectivity index (χ0n) is 9.64. The van der Waals surface area contributed by atoms with Crippen LogP contribution in [0.15, 0.2) is 35.1 Å². The molecule has 0 aliphatic carbocycles. The summed E-state index contributed by atoms with van der Waals surface area (Å²) in [5.74, 6) is -0.0335. The van der Waals surface area contributed by atoms with Crippen molar-refractivity contribution in [3.8, 4) is 0 Å². The van der Waals surface area contributed by atoms with Crippen molar-refractivity contribution in [3.63, 3.8) is 0 Å². The molecule has 92 valence electrons. The SMILES string of the molecule is Cc1c(Br)cccc1C(=O)Nc1cnc(N)nc1. The van der Waals surface area contributed by atoms with Crippen molar-refractivity contribution in [2.24, 2.45) is 0 Å². The predicted octanol–water partition coefficient (Wildman–Crippen LogP) is 2.38. The Morgan fingerprint density at radius 3 is 2.67 bits per heavy atom. The van der Waals surface area contributed by atoms with Crippen molar-refractivity contribution in [1.82, 2.24) is 9.97 Å². The van der Waals surface area contributed by atoms with Gasteiger partial charge in [0.15, 0.2) is 0 Å². The smallest absolute Gasteiger partial charge is 0.256 e. The first-order valence-corrected chi connectivity index (χ1v) is 6.01. The van der Waals surface area contributed by atoms with Crippen LogP contribution < -0.4 is 11.1 Å². The fourth-order valence-corrected chi connectivity index (χ4v) is 1.82. The van der Waals surface area contributed by atoms with E-state index in [-0.39, 0.29) is 11.9 Å². The van der Waals surface area contributed by atoms with E-state index in [2.05, 4.69) is 31.2 Å². The van der Waals surface area contributed by atoms with Crippen molar-refractivity contribution in [2.45, 2.75) is 6.92 Å². The van der Waals surface area contributed by atoms with E-state index < -0.39 is 0 Å². The molecule has 2 aromatic rings. The Labute approximate surface area is 113 Å². The van der Waals surface area contributed by atoms with Gasteiger partial charge in [-0.3, -0.25) is 4.79 Å². The van der Waals surface area contributed by atoms with Gasteiger partial charge in [-0.05, 0) is 24.6 Å². The molecular weight excluding hydrogens is 296 g/mol. The fourth-order valence-electron chi connectivity index (χ4n) is 1.45. The van der Waals surface area contributed by atoms with Gasteiger partial charge >= 0.3 is 0 Å². The summed E-state index contributed by atoms with van der Waals surface area (Å²) in [7, 11) is 0. The summed E-state index contributed by atoms with van der Waals surface area (Å²) in [6.45, 7) is 1.87. The number of carbonyl (C=O) groups excluding carboxylic acids is 1. The van der Waals surface area contributed by atoms with E-state index in [9.17, 15) is 4.79 Å². The lowest BCUT2D eigenvalue weighted by molar-refractivity contribution is 0.102. The first-order chi connectivity index (χ1) is 8.58. The van der Waals surface area contributed by atoms with Crippen LogP contribution in [0.1, 0.15) is 15.9 Å². The minimum atomic E-state index is -0.206. The lowest BCUT2D eigenvalue weighted by Gasteiger charge is -2.08. The van der Waals surface area contributed by atoms with Gasteiger partial charge in [0.05, 0.1) is 18.1 Å². The average molecular weight is 307 g/mol. The third kappa shape index (κ3) is 2.65. The maximum absolute atomic E-state index is 12.1. The molecule has 3 N–H and O–H groups in total. The van der Waals surface area contributed by atoms with Gasteiger partial charge in [0.25, 0.3) is 5.91 Å². The van der Waals surface area contributed by atoms with E-state index in [1.54, 1.807) is 6.07 Å². The molecule has 0 saturated carbocycles. The van der Waals surface area contributed by atoms with Gasteiger partial charge in [0.1, 0.15) is 0 Å². The maximum atomic E-state index is 12.1. The number of amides is 1. The quantitative estimate of drug-likeness (QED) is 0.892. The van der Waals surface area contributed by atoms with Crippen LogP contribution in [0.25, 0.3) is 0 Å². The third-order valence-electron chi connectivity index (χ3n) is 2.44. The van der Waals surface area contributed by atoms with Gasteiger partial charge in [-0.1, -0.05) is 22.0 Å². The largest absolute Gasteiger partial charge is 0.368 e. The highest BCUT2D eigenvalue weighted by molar-refractivity contribution is 9.10. The molecule has 0 radical (unpaired) electrons. The number of nitrogens with one attached hydrogen (secondary N) is 1. The van der Waals surface area contributed by atoms with Crippen LogP contribution in [0, 0.1) is 6.92 Å². The van der Waals surface area contributed by atoms with Crippen molar-refractivity contribution < 1.29 is 4.79 Å². The van der Waals surface area contributed by atoms with Crippen LogP contribution in [0.2, 0.25) is 0 Å². The molecular formula is C12H11BrN4O. The molecule has 0 unspecified atom stereocenters. The standard InChI is InChI=1S/C12H11BrN4O/c1-7-9(3-2-4-10(7)13)11(18)17-8-5-15-12(14)16-6-8/h2-6H,1H3,(H,17,18)(H2,14,15,16). The van der Waals surface area contributed by atoms with E-state index in [0.717, 1.165) is 10.0 Å². The number of nitrogens with zero attached hydrogens (tertiary/aromatic N) is 2. The molecule has 0 spiro atoms. The summed E-state index contributed by atoms with van der Waals surface area (Å²) < 4.78 is 0.892. The summed E-state index contributed by atoms with van der Waals surface area (Å²) in [5, 5.41) is 2.71. The number of halogens is 1. The third-order valence-corrected chi connectivity index (χ3v) is 3.30. The molecule has 1 amide bonds. The van der Waals surface area contributed by atoms with E-state index >= 15 is 0 Å². The number of anilines is 2. The molecule has 0 atom stereocenters. The van der Waals surface area contributed by atoms with Crippen LogP contribution in [0.3, 0.4) is 0 Å². The molecule has 5 nitrogen and oxygen atoms in total. The molecule has 2 rings (SSSR count). The molecule has 0 bridgehead atoms. The molecule has 0 aliphatic heterocycles. The summed E-state index contributed by atoms with van der Waals surface area (Å²) in [6, 6.07) is 5.46. The number of nitrogen functional groups attached to an aromatic ring is 1. The molecule has 18 heavy (non-hydrogen) atoms. The second kappa shape index (κ2) is 5.14. The van der Waals surface area contributed by atoms with Gasteiger partial charge in [0, 0.05) is 10.0 Å². The van der Waals surface area contributed by atoms with Crippen LogP contribution >= 0.6 is 15.9 Å². The highest BCUT2D eigenvalue weighted by Crippen LogP contribution is 2.20. The monoisotopic (exact) mass is 306 g/mol. The lowest BCUT2D eigenvalue weighted by atomic mass is 10.1. The molecule has 6 heteroatoms. The number of hydrogen-bond acceptors (Lipinski definition) is 4. The normalized spacial score (nSPS) is 10.1. The summed E-state index contributed by atoms with van der Waals surface area (Å²) in [5.41, 5.74) is 7.36. The van der Waals surface area contributed by atoms with E-state index in [0.29, 0.717) is 11.3 Å². The first-order valence-electron chi connectivity index (χ1n) is 5.22. The number of hydrogen-bond donors (Lipinski definition) is 2. The van der Waals surface area contributed by atoms with Gasteiger partial charge in [-0.2, -0.15) is 0 Å². The van der Waals surface area contributed by atoms with Crippen LogP contribution in [-0.2, 0) is 0 Å². The van der Waals surface area contributed by atoms with E-state index in [1.165, 1.54) is 12.4 Å². The number of carbonyl (C=O) groups is 1. The Morgan fingerprint density at radius 2 is 2.00 bits per heavy atom. The lowest BCUT2D eigenvalue weighted by Crippen LogP contribution is -2.14. The van der Waals surface area contributed by atoms with E-state index in [1.807, 2.05) is 19.1 Å². The van der Waals surface area contributed by atoms with Crippen molar-refractivity contribution in [2.75, 3.05) is 11.1 Å². The Morgan fingerprint density at radius 1 is 1.33 bits per heavy atom. The zero-order chi connectivity index (χ0) is 13.1. The Bertz CT molecular complexity index is 583. The molecule has 0 fully saturated rings. The van der Waals surface area contributed by atoms with Crippen LogP contribution in [0.4, 0.5) is 11.6 Å². The first kappa shape index (κ1) is 12.5. The van der Waals surface area contributed by atoms with Crippen LogP contribution in [-0.4, -0.2) is 15.9 Å². The molecule has 0 saturated heterocycles. The minimum absolute atomic E-state index is 0.173. The predicted molar refractivity (Wildman–Crippen MR) is 73.3 cm³/mol. The Kier molecular flexibility index (Phi) is 3.57. The number of rotatable bonds is 2. The molecule has 1 aromatic heterocycles. The van der Waals surface area contributed by atoms with Crippen molar-refractivity contribution in [1.29, 1.82) is 0 Å². The second-order valence-electron chi connectivity index (χ2n) is 3.70. The second-order valence-corrected chi connectivity index (χ2v) is 4.55. The minimum Gasteiger partial charge on any atom is -0.368 e. The maximum Gasteiger partial charge on any atom is 0.256 e. The number of nitrogens with two attached hydrogens (primary N) is 1. The van der Waals surface area contributed by atoms with Crippen molar-refractivity contribution >= 4 is 33.5 Å². The number of aromatic nitrogens is 2. The van der Waals surface area contributed by atoms with Crippen LogP contribution in [0.5, 0.6) is 0 Å². The molecule has 1 heterocycles. The average Bonchev–Trinajstić information content (AvgIpc) is 2.35. The summed E-state index contributed by atoms with van der Waals surface area (Å²) in [4.78, 5) is 19.7. The zero-order valence-corrected chi connectivity index (χ0v) is 11.2. The van der Waals surface area contributed by atoms with Gasteiger partial charge in [0.2, 0.25) is 5.95 Å². The Hall–Kier alpha value is -1.95. The van der Waals surface area contributed by atoms with Gasteiger partial charge in [-0.25, -0.2) is 9.97 Å². The summed E-state index contributed by atoms with van der Waals surface area (Å²) in [6.07, 6.45) is 2.93. The summed E-state index contributed by atoms with van der Waals surface area (Å²) >= 11 is 3.39. The van der Waals surface area contributed by atoms with Gasteiger partial charge in [-0.15, -0.1) is 0 Å². The topological polar surface area (TPSA) is 80.9 Å². The fraction of sp³-hybridized carbons (Fsp3) is 0.0833. The Balaban J connectivity index is 2.22. The molecule has 0 aliphatic rings. The van der Waals surface area contributed by atoms with E-state index in [4.69, 9.17) is 5.73 Å².